The number of nitrogens with zero attached hydrogens (tertiary/aromatic N) is 3. The van der Waals surface area contributed by atoms with E-state index in [2.05, 4.69) is 20.8 Å². The van der Waals surface area contributed by atoms with Crippen LogP contribution in [0.4, 0.5) is 11.4 Å². The molecule has 39 heavy (non-hydrogen) atoms. The van der Waals surface area contributed by atoms with Crippen LogP contribution in [-0.2, 0) is 20.9 Å². The number of aryl methyl sites for hydroxylation is 1. The van der Waals surface area contributed by atoms with Crippen molar-refractivity contribution in [2.24, 2.45) is 5.92 Å². The van der Waals surface area contributed by atoms with E-state index >= 15 is 0 Å². The highest BCUT2D eigenvalue weighted by atomic mass is 32.2. The Kier molecular flexibility index (Phi) is 8.83. The Morgan fingerprint density at radius 3 is 2.56 bits per heavy atom. The molecule has 2 heterocycles. The first-order valence-electron chi connectivity index (χ1n) is 13.6. The summed E-state index contributed by atoms with van der Waals surface area (Å²) in [7, 11) is 0. The minimum atomic E-state index is -0.175. The van der Waals surface area contributed by atoms with E-state index < -0.39 is 0 Å². The van der Waals surface area contributed by atoms with Crippen molar-refractivity contribution >= 4 is 35.0 Å². The monoisotopic (exact) mass is 549 g/mol. The molecule has 3 N–H and O–H groups in total. The summed E-state index contributed by atoms with van der Waals surface area (Å²) >= 11 is 1.32. The molecule has 9 nitrogen and oxygen atoms in total. The summed E-state index contributed by atoms with van der Waals surface area (Å²) in [6.07, 6.45) is 7.32. The van der Waals surface area contributed by atoms with Gasteiger partial charge in [-0.25, -0.2) is 0 Å². The third kappa shape index (κ3) is 6.99. The van der Waals surface area contributed by atoms with Gasteiger partial charge in [0.05, 0.1) is 18.4 Å². The van der Waals surface area contributed by atoms with Crippen LogP contribution >= 0.6 is 11.8 Å². The summed E-state index contributed by atoms with van der Waals surface area (Å²) in [5, 5.41) is 25.1. The largest absolute Gasteiger partial charge is 0.508 e. The summed E-state index contributed by atoms with van der Waals surface area (Å²) in [5.41, 5.74) is 3.15. The minimum absolute atomic E-state index is 0.0613. The maximum Gasteiger partial charge on any atom is 0.234 e. The molecule has 0 bridgehead atoms. The molecule has 2 amide bonds. The van der Waals surface area contributed by atoms with Gasteiger partial charge < -0.3 is 20.5 Å². The summed E-state index contributed by atoms with van der Waals surface area (Å²) in [6, 6.07) is 12.4. The number of aromatic hydroxyl groups is 1. The number of anilines is 2. The standard InChI is InChI=1S/C29H35N5O4S/c1-19-9-12-22(16-25(19)31-28(37)21-6-3-2-4-7-21)30-26(36)18-39-29-33-32-27(20-10-13-23(35)14-11-20)34(29)17-24-8-5-15-38-24/h9-14,16,21,24,35H,2-8,15,17-18H2,1H3,(H,30,36)(H,31,37). The van der Waals surface area contributed by atoms with Crippen molar-refractivity contribution in [1.82, 2.24) is 14.8 Å². The van der Waals surface area contributed by atoms with Crippen LogP contribution in [0.15, 0.2) is 47.6 Å². The molecule has 0 radical (unpaired) electrons. The van der Waals surface area contributed by atoms with Gasteiger partial charge in [0.1, 0.15) is 5.75 Å². The Morgan fingerprint density at radius 2 is 1.82 bits per heavy atom. The van der Waals surface area contributed by atoms with Gasteiger partial charge in [-0.2, -0.15) is 0 Å². The lowest BCUT2D eigenvalue weighted by atomic mass is 9.88. The fourth-order valence-corrected chi connectivity index (χ4v) is 5.89. The summed E-state index contributed by atoms with van der Waals surface area (Å²) < 4.78 is 7.84. The maximum absolute atomic E-state index is 12.9. The second-order valence-electron chi connectivity index (χ2n) is 10.3. The molecule has 10 heteroatoms. The van der Waals surface area contributed by atoms with Gasteiger partial charge >= 0.3 is 0 Å². The number of thioether (sulfide) groups is 1. The molecule has 5 rings (SSSR count). The molecule has 1 aromatic heterocycles. The minimum Gasteiger partial charge on any atom is -0.508 e. The quantitative estimate of drug-likeness (QED) is 0.306. The summed E-state index contributed by atoms with van der Waals surface area (Å²) in [6.45, 7) is 3.28. The Morgan fingerprint density at radius 1 is 1.03 bits per heavy atom. The highest BCUT2D eigenvalue weighted by Gasteiger charge is 2.23. The number of aromatic nitrogens is 3. The van der Waals surface area contributed by atoms with Gasteiger partial charge in [-0.05, 0) is 74.6 Å². The Labute approximate surface area is 232 Å². The van der Waals surface area contributed by atoms with Crippen LogP contribution in [-0.4, -0.2) is 50.1 Å². The zero-order valence-corrected chi connectivity index (χ0v) is 23.0. The molecule has 1 saturated heterocycles. The van der Waals surface area contributed by atoms with Crippen LogP contribution < -0.4 is 10.6 Å². The number of benzene rings is 2. The van der Waals surface area contributed by atoms with Gasteiger partial charge in [0.25, 0.3) is 0 Å². The maximum atomic E-state index is 12.9. The number of ether oxygens (including phenoxy) is 1. The molecule has 2 fully saturated rings. The van der Waals surface area contributed by atoms with Crippen molar-refractivity contribution in [2.45, 2.75) is 69.7 Å². The van der Waals surface area contributed by atoms with E-state index in [0.29, 0.717) is 23.2 Å². The molecule has 3 aromatic rings. The van der Waals surface area contributed by atoms with Crippen LogP contribution in [0, 0.1) is 12.8 Å². The second kappa shape index (κ2) is 12.7. The fraction of sp³-hybridized carbons (Fsp3) is 0.448. The van der Waals surface area contributed by atoms with E-state index in [1.165, 1.54) is 18.2 Å². The summed E-state index contributed by atoms with van der Waals surface area (Å²) in [5.74, 6) is 0.953. The number of amides is 2. The normalized spacial score (nSPS) is 17.7. The number of hydrogen-bond donors (Lipinski definition) is 3. The molecule has 206 valence electrons. The predicted octanol–water partition coefficient (Wildman–Crippen LogP) is 5.39. The third-order valence-corrected chi connectivity index (χ3v) is 8.31. The molecule has 1 aliphatic carbocycles. The first-order valence-corrected chi connectivity index (χ1v) is 14.6. The zero-order chi connectivity index (χ0) is 27.2. The number of carbonyl (C=O) groups excluding carboxylic acids is 2. The summed E-state index contributed by atoms with van der Waals surface area (Å²) in [4.78, 5) is 25.6. The molecule has 1 aliphatic heterocycles. The lowest BCUT2D eigenvalue weighted by molar-refractivity contribution is -0.120. The first kappa shape index (κ1) is 27.2. The van der Waals surface area contributed by atoms with Gasteiger partial charge in [-0.3, -0.25) is 14.2 Å². The van der Waals surface area contributed by atoms with E-state index in [9.17, 15) is 14.7 Å². The molecule has 1 saturated carbocycles. The average molecular weight is 550 g/mol. The molecule has 2 aromatic carbocycles. The van der Waals surface area contributed by atoms with Crippen LogP contribution in [0.5, 0.6) is 5.75 Å². The lowest BCUT2D eigenvalue weighted by Crippen LogP contribution is -2.25. The van der Waals surface area contributed by atoms with Gasteiger partial charge in [-0.15, -0.1) is 10.2 Å². The van der Waals surface area contributed by atoms with E-state index in [1.54, 1.807) is 24.3 Å². The van der Waals surface area contributed by atoms with Crippen molar-refractivity contribution < 1.29 is 19.4 Å². The second-order valence-corrected chi connectivity index (χ2v) is 11.2. The number of phenols is 1. The van der Waals surface area contributed by atoms with Crippen molar-refractivity contribution in [1.29, 1.82) is 0 Å². The lowest BCUT2D eigenvalue weighted by Gasteiger charge is -2.21. The first-order chi connectivity index (χ1) is 19.0. The fourth-order valence-electron chi connectivity index (χ4n) is 5.14. The van der Waals surface area contributed by atoms with Crippen LogP contribution in [0.2, 0.25) is 0 Å². The topological polar surface area (TPSA) is 118 Å². The van der Waals surface area contributed by atoms with Gasteiger partial charge in [0, 0.05) is 29.5 Å². The van der Waals surface area contributed by atoms with Crippen LogP contribution in [0.25, 0.3) is 11.4 Å². The Balaban J connectivity index is 1.24. The molecule has 2 aliphatic rings. The predicted molar refractivity (Wildman–Crippen MR) is 152 cm³/mol. The SMILES string of the molecule is Cc1ccc(NC(=O)CSc2nnc(-c3ccc(O)cc3)n2CC2CCCO2)cc1NC(=O)C1CCCCC1. The third-order valence-electron chi connectivity index (χ3n) is 7.34. The smallest absolute Gasteiger partial charge is 0.234 e. The molecular formula is C29H35N5O4S. The Hall–Kier alpha value is -3.37. The molecule has 0 spiro atoms. The molecular weight excluding hydrogens is 514 g/mol. The van der Waals surface area contributed by atoms with Gasteiger partial charge in [-0.1, -0.05) is 37.1 Å². The highest BCUT2D eigenvalue weighted by molar-refractivity contribution is 7.99. The van der Waals surface area contributed by atoms with Crippen molar-refractivity contribution in [3.63, 3.8) is 0 Å². The highest BCUT2D eigenvalue weighted by Crippen LogP contribution is 2.29. The molecule has 1 unspecified atom stereocenters. The van der Waals surface area contributed by atoms with Crippen LogP contribution in [0.1, 0.15) is 50.5 Å². The zero-order valence-electron chi connectivity index (χ0n) is 22.2. The Bertz CT molecular complexity index is 1300. The van der Waals surface area contributed by atoms with E-state index in [-0.39, 0.29) is 35.3 Å². The van der Waals surface area contributed by atoms with E-state index in [1.807, 2.05) is 29.7 Å². The average Bonchev–Trinajstić information content (AvgIpc) is 3.61. The van der Waals surface area contributed by atoms with Crippen molar-refractivity contribution in [2.75, 3.05) is 23.0 Å². The molecule has 1 atom stereocenters. The number of phenolic OH excluding ortho intramolecular Hbond substituents is 1. The van der Waals surface area contributed by atoms with Gasteiger partial charge in [0.15, 0.2) is 11.0 Å². The van der Waals surface area contributed by atoms with Crippen molar-refractivity contribution in [3.8, 4) is 17.1 Å². The van der Waals surface area contributed by atoms with Gasteiger partial charge in [0.2, 0.25) is 11.8 Å². The number of carbonyl (C=O) groups is 2. The van der Waals surface area contributed by atoms with Crippen molar-refractivity contribution in [3.05, 3.63) is 48.0 Å². The number of nitrogens with one attached hydrogen (secondary N) is 2. The van der Waals surface area contributed by atoms with E-state index in [4.69, 9.17) is 4.74 Å². The van der Waals surface area contributed by atoms with Crippen LogP contribution in [0.3, 0.4) is 0 Å². The number of hydrogen-bond acceptors (Lipinski definition) is 7. The van der Waals surface area contributed by atoms with E-state index in [0.717, 1.165) is 61.9 Å². The number of rotatable bonds is 9.